The molecule has 2 heterocycles. The highest BCUT2D eigenvalue weighted by atomic mass is 16.3. The normalized spacial score (nSPS) is 16.5. The molecule has 1 fully saturated rings. The number of primary amides is 1. The molecule has 1 aliphatic heterocycles. The Hall–Kier alpha value is -2.40. The van der Waals surface area contributed by atoms with E-state index in [-0.39, 0.29) is 18.6 Å². The van der Waals surface area contributed by atoms with Crippen LogP contribution in [0.25, 0.3) is 0 Å². The number of piperidine rings is 1. The summed E-state index contributed by atoms with van der Waals surface area (Å²) in [5.74, 6) is 0.844. The van der Waals surface area contributed by atoms with Crippen LogP contribution in [-0.2, 0) is 4.79 Å². The van der Waals surface area contributed by atoms with E-state index in [9.17, 15) is 15.2 Å². The molecule has 1 aromatic rings. The molecule has 0 aromatic carbocycles. The predicted molar refractivity (Wildman–Crippen MR) is 94.9 cm³/mol. The Labute approximate surface area is 148 Å². The van der Waals surface area contributed by atoms with Crippen molar-refractivity contribution in [1.82, 2.24) is 9.97 Å². The summed E-state index contributed by atoms with van der Waals surface area (Å²) < 4.78 is 0. The van der Waals surface area contributed by atoms with E-state index >= 15 is 0 Å². The zero-order valence-corrected chi connectivity index (χ0v) is 14.8. The molecule has 136 valence electrons. The van der Waals surface area contributed by atoms with Gasteiger partial charge in [-0.25, -0.2) is 4.98 Å². The monoisotopic (exact) mass is 346 g/mol. The maximum Gasteiger partial charge on any atom is 0.240 e. The Balaban J connectivity index is 2.27. The average molecular weight is 346 g/mol. The fraction of sp³-hybridized carbons (Fsp3) is 0.647. The van der Waals surface area contributed by atoms with Crippen LogP contribution in [0.2, 0.25) is 0 Å². The number of aromatic nitrogens is 2. The fourth-order valence-electron chi connectivity index (χ4n) is 2.99. The first-order chi connectivity index (χ1) is 11.9. The molecular formula is C17H26N6O2. The fourth-order valence-corrected chi connectivity index (χ4v) is 2.99. The maximum atomic E-state index is 11.9. The number of amides is 1. The van der Waals surface area contributed by atoms with Crippen molar-refractivity contribution in [3.8, 4) is 6.07 Å². The molecule has 1 aromatic heterocycles. The van der Waals surface area contributed by atoms with E-state index in [4.69, 9.17) is 5.73 Å². The summed E-state index contributed by atoms with van der Waals surface area (Å²) in [4.78, 5) is 24.4. The van der Waals surface area contributed by atoms with Crippen molar-refractivity contribution in [3.63, 3.8) is 0 Å². The summed E-state index contributed by atoms with van der Waals surface area (Å²) >= 11 is 0. The van der Waals surface area contributed by atoms with E-state index in [0.717, 1.165) is 0 Å². The number of nitriles is 1. The first kappa shape index (κ1) is 18.9. The van der Waals surface area contributed by atoms with Gasteiger partial charge >= 0.3 is 0 Å². The molecule has 1 atom stereocenters. The number of carbonyl (C=O) groups is 1. The third-order valence-corrected chi connectivity index (χ3v) is 4.31. The van der Waals surface area contributed by atoms with Gasteiger partial charge < -0.3 is 20.6 Å². The Morgan fingerprint density at radius 2 is 2.20 bits per heavy atom. The van der Waals surface area contributed by atoms with Crippen molar-refractivity contribution in [2.75, 3.05) is 29.4 Å². The standard InChI is InChI=1S/C17H26N6O2/c1-12(2)11-14(16(19)25)23(10-6-18)15-3-7-20-17(21-15)22-8-4-13(24)5-9-22/h3,7,12-14,24H,4-5,8-11H2,1-2H3,(H2,19,25)/t14-/m0/s1. The van der Waals surface area contributed by atoms with E-state index in [0.29, 0.717) is 44.1 Å². The van der Waals surface area contributed by atoms with Crippen molar-refractivity contribution in [1.29, 1.82) is 5.26 Å². The van der Waals surface area contributed by atoms with E-state index in [1.54, 1.807) is 17.2 Å². The topological polar surface area (TPSA) is 119 Å². The smallest absolute Gasteiger partial charge is 0.240 e. The van der Waals surface area contributed by atoms with E-state index in [1.807, 2.05) is 18.7 Å². The van der Waals surface area contributed by atoms with Crippen LogP contribution in [0.15, 0.2) is 12.3 Å². The second kappa shape index (κ2) is 8.62. The Morgan fingerprint density at radius 1 is 1.52 bits per heavy atom. The number of nitrogens with two attached hydrogens (primary N) is 1. The highest BCUT2D eigenvalue weighted by Crippen LogP contribution is 2.22. The quantitative estimate of drug-likeness (QED) is 0.696. The molecule has 8 heteroatoms. The van der Waals surface area contributed by atoms with Gasteiger partial charge in [0, 0.05) is 19.3 Å². The van der Waals surface area contributed by atoms with Crippen LogP contribution in [-0.4, -0.2) is 52.8 Å². The van der Waals surface area contributed by atoms with Gasteiger partial charge in [0.1, 0.15) is 18.4 Å². The predicted octanol–water partition coefficient (Wildman–Crippen LogP) is 0.668. The molecule has 1 aliphatic rings. The van der Waals surface area contributed by atoms with Crippen LogP contribution >= 0.6 is 0 Å². The van der Waals surface area contributed by atoms with Crippen LogP contribution in [0.1, 0.15) is 33.1 Å². The molecule has 1 amide bonds. The molecule has 0 bridgehead atoms. The van der Waals surface area contributed by atoms with Gasteiger partial charge in [-0.3, -0.25) is 4.79 Å². The van der Waals surface area contributed by atoms with Crippen LogP contribution in [0, 0.1) is 17.2 Å². The van der Waals surface area contributed by atoms with Crippen molar-refractivity contribution < 1.29 is 9.90 Å². The minimum absolute atomic E-state index is 0.0233. The van der Waals surface area contributed by atoms with Gasteiger partial charge in [-0.05, 0) is 31.2 Å². The molecular weight excluding hydrogens is 320 g/mol. The zero-order valence-electron chi connectivity index (χ0n) is 14.8. The Bertz CT molecular complexity index is 622. The van der Waals surface area contributed by atoms with Gasteiger partial charge in [-0.15, -0.1) is 0 Å². The van der Waals surface area contributed by atoms with Gasteiger partial charge in [0.2, 0.25) is 11.9 Å². The second-order valence-electron chi connectivity index (χ2n) is 6.77. The summed E-state index contributed by atoms with van der Waals surface area (Å²) in [5.41, 5.74) is 5.58. The molecule has 8 nitrogen and oxygen atoms in total. The van der Waals surface area contributed by atoms with Crippen molar-refractivity contribution >= 4 is 17.7 Å². The zero-order chi connectivity index (χ0) is 18.4. The third kappa shape index (κ3) is 5.03. The van der Waals surface area contributed by atoms with Gasteiger partial charge in [-0.1, -0.05) is 13.8 Å². The molecule has 0 radical (unpaired) electrons. The SMILES string of the molecule is CC(C)C[C@@H](C(N)=O)N(CC#N)c1ccnc(N2CCC(O)CC2)n1. The summed E-state index contributed by atoms with van der Waals surface area (Å²) in [5, 5.41) is 18.8. The molecule has 3 N–H and O–H groups in total. The third-order valence-electron chi connectivity index (χ3n) is 4.31. The largest absolute Gasteiger partial charge is 0.393 e. The first-order valence-electron chi connectivity index (χ1n) is 8.61. The molecule has 0 aliphatic carbocycles. The molecule has 1 saturated heterocycles. The van der Waals surface area contributed by atoms with E-state index in [2.05, 4.69) is 16.0 Å². The number of carbonyl (C=O) groups excluding carboxylic acids is 1. The van der Waals surface area contributed by atoms with Gasteiger partial charge in [0.25, 0.3) is 0 Å². The summed E-state index contributed by atoms with van der Waals surface area (Å²) in [6, 6.07) is 3.19. The lowest BCUT2D eigenvalue weighted by atomic mass is 10.0. The Kier molecular flexibility index (Phi) is 6.53. The minimum atomic E-state index is -0.592. The molecule has 0 saturated carbocycles. The number of aliphatic hydroxyl groups is 1. The number of hydrogen-bond donors (Lipinski definition) is 2. The lowest BCUT2D eigenvalue weighted by Gasteiger charge is -2.32. The number of hydrogen-bond acceptors (Lipinski definition) is 7. The molecule has 0 spiro atoms. The van der Waals surface area contributed by atoms with Crippen LogP contribution in [0.3, 0.4) is 0 Å². The average Bonchev–Trinajstić information content (AvgIpc) is 2.58. The van der Waals surface area contributed by atoms with Gasteiger partial charge in [-0.2, -0.15) is 10.2 Å². The van der Waals surface area contributed by atoms with Crippen LogP contribution in [0.4, 0.5) is 11.8 Å². The van der Waals surface area contributed by atoms with Gasteiger partial charge in [0.15, 0.2) is 0 Å². The minimum Gasteiger partial charge on any atom is -0.393 e. The number of rotatable bonds is 7. The van der Waals surface area contributed by atoms with Crippen LogP contribution < -0.4 is 15.5 Å². The Morgan fingerprint density at radius 3 is 2.76 bits per heavy atom. The lowest BCUT2D eigenvalue weighted by molar-refractivity contribution is -0.119. The van der Waals surface area contributed by atoms with E-state index < -0.39 is 11.9 Å². The molecule has 25 heavy (non-hydrogen) atoms. The van der Waals surface area contributed by atoms with Crippen molar-refractivity contribution in [2.24, 2.45) is 11.7 Å². The van der Waals surface area contributed by atoms with Crippen molar-refractivity contribution in [3.05, 3.63) is 12.3 Å². The summed E-state index contributed by atoms with van der Waals surface area (Å²) in [6.45, 7) is 5.38. The molecule has 2 rings (SSSR count). The van der Waals surface area contributed by atoms with Crippen molar-refractivity contribution in [2.45, 2.75) is 45.3 Å². The number of nitrogens with zero attached hydrogens (tertiary/aromatic N) is 5. The number of aliphatic hydroxyl groups excluding tert-OH is 1. The summed E-state index contributed by atoms with van der Waals surface area (Å²) in [7, 11) is 0. The lowest BCUT2D eigenvalue weighted by Crippen LogP contribution is -2.46. The second-order valence-corrected chi connectivity index (χ2v) is 6.77. The summed E-state index contributed by atoms with van der Waals surface area (Å²) in [6.07, 6.45) is 3.24. The van der Waals surface area contributed by atoms with Crippen LogP contribution in [0.5, 0.6) is 0 Å². The molecule has 0 unspecified atom stereocenters. The highest BCUT2D eigenvalue weighted by Gasteiger charge is 2.27. The highest BCUT2D eigenvalue weighted by molar-refractivity contribution is 5.83. The number of anilines is 2. The van der Waals surface area contributed by atoms with Gasteiger partial charge in [0.05, 0.1) is 12.2 Å². The maximum absolute atomic E-state index is 11.9. The first-order valence-corrected chi connectivity index (χ1v) is 8.61. The van der Waals surface area contributed by atoms with E-state index in [1.165, 1.54) is 0 Å².